The molecule has 2 heterocycles. The molecule has 2 aromatic rings. The molecule has 0 atom stereocenters. The van der Waals surface area contributed by atoms with Crippen LogP contribution in [0.1, 0.15) is 12.0 Å². The number of hydrogen-bond acceptors (Lipinski definition) is 4. The lowest BCUT2D eigenvalue weighted by molar-refractivity contribution is -0.385. The van der Waals surface area contributed by atoms with Gasteiger partial charge in [0.15, 0.2) is 0 Å². The SMILES string of the molecule is O=c1c([N+](=O)[O-])c(NCc2ccccc2)n2n1CCC2. The Morgan fingerprint density at radius 2 is 1.90 bits per heavy atom. The molecular weight excluding hydrogens is 260 g/mol. The Bertz CT molecular complexity index is 702. The van der Waals surface area contributed by atoms with E-state index in [1.807, 2.05) is 30.3 Å². The molecule has 104 valence electrons. The lowest BCUT2D eigenvalue weighted by atomic mass is 10.2. The molecule has 0 saturated carbocycles. The smallest absolute Gasteiger partial charge is 0.360 e. The number of benzene rings is 1. The number of fused-ring (bicyclic) bond motifs is 1. The molecule has 3 rings (SSSR count). The topological polar surface area (TPSA) is 82.1 Å². The van der Waals surface area contributed by atoms with E-state index in [1.54, 1.807) is 4.68 Å². The normalized spacial score (nSPS) is 13.2. The molecular formula is C13H14N4O3. The van der Waals surface area contributed by atoms with Gasteiger partial charge in [-0.2, -0.15) is 0 Å². The largest absolute Gasteiger partial charge is 0.376 e. The second kappa shape index (κ2) is 4.84. The average molecular weight is 274 g/mol. The Balaban J connectivity index is 1.95. The van der Waals surface area contributed by atoms with Crippen LogP contribution in [0, 0.1) is 10.1 Å². The highest BCUT2D eigenvalue weighted by Crippen LogP contribution is 2.25. The Morgan fingerprint density at radius 3 is 2.60 bits per heavy atom. The fourth-order valence-corrected chi connectivity index (χ4v) is 2.52. The van der Waals surface area contributed by atoms with Gasteiger partial charge >= 0.3 is 11.2 Å². The van der Waals surface area contributed by atoms with Gasteiger partial charge in [0.25, 0.3) is 0 Å². The van der Waals surface area contributed by atoms with E-state index in [4.69, 9.17) is 0 Å². The van der Waals surface area contributed by atoms with Crippen LogP contribution in [0.25, 0.3) is 0 Å². The minimum Gasteiger partial charge on any atom is -0.360 e. The van der Waals surface area contributed by atoms with Gasteiger partial charge in [-0.1, -0.05) is 30.3 Å². The molecule has 0 unspecified atom stereocenters. The molecule has 0 radical (unpaired) electrons. The predicted octanol–water partition coefficient (Wildman–Crippen LogP) is 1.57. The number of aromatic nitrogens is 2. The number of nitrogens with zero attached hydrogens (tertiary/aromatic N) is 3. The summed E-state index contributed by atoms with van der Waals surface area (Å²) in [4.78, 5) is 22.5. The first-order valence-corrected chi connectivity index (χ1v) is 6.44. The molecule has 1 aliphatic heterocycles. The maximum Gasteiger partial charge on any atom is 0.376 e. The number of nitrogens with one attached hydrogen (secondary N) is 1. The fraction of sp³-hybridized carbons (Fsp3) is 0.308. The second-order valence-corrected chi connectivity index (χ2v) is 4.70. The van der Waals surface area contributed by atoms with E-state index in [9.17, 15) is 14.9 Å². The molecule has 1 aromatic heterocycles. The van der Waals surface area contributed by atoms with E-state index >= 15 is 0 Å². The third-order valence-corrected chi connectivity index (χ3v) is 3.44. The van der Waals surface area contributed by atoms with Gasteiger partial charge in [0.05, 0.1) is 4.92 Å². The van der Waals surface area contributed by atoms with Crippen molar-refractivity contribution in [2.24, 2.45) is 0 Å². The first kappa shape index (κ1) is 12.5. The summed E-state index contributed by atoms with van der Waals surface area (Å²) < 4.78 is 3.11. The molecule has 0 saturated heterocycles. The van der Waals surface area contributed by atoms with Crippen LogP contribution in [0.2, 0.25) is 0 Å². The third-order valence-electron chi connectivity index (χ3n) is 3.44. The van der Waals surface area contributed by atoms with Crippen molar-refractivity contribution in [3.05, 3.63) is 56.4 Å². The summed E-state index contributed by atoms with van der Waals surface area (Å²) in [5, 5.41) is 14.1. The van der Waals surface area contributed by atoms with Crippen LogP contribution >= 0.6 is 0 Å². The summed E-state index contributed by atoms with van der Waals surface area (Å²) in [6.07, 6.45) is 0.827. The minimum atomic E-state index is -0.603. The van der Waals surface area contributed by atoms with Crippen molar-refractivity contribution in [2.75, 3.05) is 5.32 Å². The highest BCUT2D eigenvalue weighted by Gasteiger charge is 2.31. The Morgan fingerprint density at radius 1 is 1.20 bits per heavy atom. The molecule has 0 fully saturated rings. The molecule has 1 aliphatic rings. The molecule has 0 amide bonds. The summed E-state index contributed by atoms with van der Waals surface area (Å²) in [6.45, 7) is 1.61. The van der Waals surface area contributed by atoms with Crippen molar-refractivity contribution in [1.29, 1.82) is 0 Å². The highest BCUT2D eigenvalue weighted by atomic mass is 16.6. The van der Waals surface area contributed by atoms with Crippen molar-refractivity contribution in [1.82, 2.24) is 9.36 Å². The van der Waals surface area contributed by atoms with Crippen LogP contribution in [0.3, 0.4) is 0 Å². The molecule has 0 spiro atoms. The maximum atomic E-state index is 12.0. The van der Waals surface area contributed by atoms with Crippen molar-refractivity contribution >= 4 is 11.5 Å². The number of anilines is 1. The first-order chi connectivity index (χ1) is 9.68. The summed E-state index contributed by atoms with van der Waals surface area (Å²) in [5.74, 6) is 0.307. The van der Waals surface area contributed by atoms with Gasteiger partial charge in [-0.05, 0) is 12.0 Å². The molecule has 0 bridgehead atoms. The lowest BCUT2D eigenvalue weighted by Crippen LogP contribution is -2.18. The highest BCUT2D eigenvalue weighted by molar-refractivity contribution is 5.56. The van der Waals surface area contributed by atoms with Gasteiger partial charge in [-0.15, -0.1) is 0 Å². The number of rotatable bonds is 4. The number of hydrogen-bond donors (Lipinski definition) is 1. The quantitative estimate of drug-likeness (QED) is 0.677. The summed E-state index contributed by atoms with van der Waals surface area (Å²) in [7, 11) is 0. The van der Waals surface area contributed by atoms with E-state index in [-0.39, 0.29) is 5.69 Å². The third kappa shape index (κ3) is 1.97. The van der Waals surface area contributed by atoms with Gasteiger partial charge in [0.1, 0.15) is 0 Å². The van der Waals surface area contributed by atoms with E-state index in [0.29, 0.717) is 25.5 Å². The van der Waals surface area contributed by atoms with Crippen molar-refractivity contribution in [2.45, 2.75) is 26.1 Å². The van der Waals surface area contributed by atoms with Crippen molar-refractivity contribution in [3.8, 4) is 0 Å². The van der Waals surface area contributed by atoms with E-state index in [2.05, 4.69) is 5.32 Å². The number of nitro groups is 1. The summed E-state index contributed by atoms with van der Waals surface area (Å²) in [5.41, 5.74) is 0.122. The zero-order valence-corrected chi connectivity index (χ0v) is 10.8. The summed E-state index contributed by atoms with van der Waals surface area (Å²) in [6, 6.07) is 9.58. The van der Waals surface area contributed by atoms with Gasteiger partial charge < -0.3 is 5.32 Å². The van der Waals surface area contributed by atoms with Crippen molar-refractivity contribution in [3.63, 3.8) is 0 Å². The molecule has 20 heavy (non-hydrogen) atoms. The van der Waals surface area contributed by atoms with Crippen LogP contribution in [-0.2, 0) is 19.6 Å². The Labute approximate surface area is 114 Å². The van der Waals surface area contributed by atoms with Crippen LogP contribution in [0.4, 0.5) is 11.5 Å². The van der Waals surface area contributed by atoms with Crippen LogP contribution in [0.5, 0.6) is 0 Å². The summed E-state index contributed by atoms with van der Waals surface area (Å²) >= 11 is 0. The average Bonchev–Trinajstić information content (AvgIpc) is 3.00. The van der Waals surface area contributed by atoms with Crippen LogP contribution in [-0.4, -0.2) is 14.3 Å². The van der Waals surface area contributed by atoms with Gasteiger partial charge in [-0.3, -0.25) is 19.6 Å². The van der Waals surface area contributed by atoms with E-state index in [0.717, 1.165) is 12.0 Å². The molecule has 7 heteroatoms. The van der Waals surface area contributed by atoms with Gasteiger partial charge in [-0.25, -0.2) is 4.68 Å². The molecule has 7 nitrogen and oxygen atoms in total. The lowest BCUT2D eigenvalue weighted by Gasteiger charge is -2.08. The van der Waals surface area contributed by atoms with Gasteiger partial charge in [0, 0.05) is 19.6 Å². The van der Waals surface area contributed by atoms with Crippen molar-refractivity contribution < 1.29 is 4.92 Å². The molecule has 1 N–H and O–H groups in total. The zero-order chi connectivity index (χ0) is 14.1. The van der Waals surface area contributed by atoms with Crippen LogP contribution in [0.15, 0.2) is 35.1 Å². The maximum absolute atomic E-state index is 12.0. The van der Waals surface area contributed by atoms with E-state index < -0.39 is 10.5 Å². The predicted molar refractivity (Wildman–Crippen MR) is 73.7 cm³/mol. The van der Waals surface area contributed by atoms with E-state index in [1.165, 1.54) is 4.68 Å². The molecule has 1 aromatic carbocycles. The Kier molecular flexibility index (Phi) is 3.02. The Hall–Kier alpha value is -2.57. The minimum absolute atomic E-state index is 0.307. The first-order valence-electron chi connectivity index (χ1n) is 6.44. The molecule has 0 aliphatic carbocycles. The second-order valence-electron chi connectivity index (χ2n) is 4.70. The zero-order valence-electron chi connectivity index (χ0n) is 10.8. The fourth-order valence-electron chi connectivity index (χ4n) is 2.52. The standard InChI is InChI=1S/C13H14N4O3/c18-13-11(17(19)20)12(15-7-4-8-16(13)15)14-9-10-5-2-1-3-6-10/h1-3,5-6,14H,4,7-9H2. The van der Waals surface area contributed by atoms with Crippen LogP contribution < -0.4 is 10.9 Å². The monoisotopic (exact) mass is 274 g/mol. The van der Waals surface area contributed by atoms with Gasteiger partial charge in [0.2, 0.25) is 5.82 Å².